The fourth-order valence-electron chi connectivity index (χ4n) is 5.15. The number of ether oxygens (including phenoxy) is 1. The van der Waals surface area contributed by atoms with Crippen molar-refractivity contribution in [2.45, 2.75) is 44.7 Å². The minimum atomic E-state index is 0. The van der Waals surface area contributed by atoms with Crippen molar-refractivity contribution in [3.8, 4) is 11.4 Å². The van der Waals surface area contributed by atoms with Gasteiger partial charge in [-0.2, -0.15) is 0 Å². The first kappa shape index (κ1) is 22.8. The Morgan fingerprint density at radius 2 is 1.64 bits per heavy atom. The smallest absolute Gasteiger partial charge is 0.166 e. The Morgan fingerprint density at radius 1 is 0.909 bits per heavy atom. The predicted molar refractivity (Wildman–Crippen MR) is 134 cm³/mol. The first-order chi connectivity index (χ1) is 15.7. The normalized spacial score (nSPS) is 20.2. The second-order valence-electron chi connectivity index (χ2n) is 9.15. The van der Waals surface area contributed by atoms with Gasteiger partial charge < -0.3 is 14.2 Å². The average Bonchev–Trinajstić information content (AvgIpc) is 3.60. The molecule has 176 valence electrons. The number of rotatable bonds is 4. The van der Waals surface area contributed by atoms with Crippen LogP contribution in [0.5, 0.6) is 0 Å². The number of imidazole rings is 1. The number of fused-ring (bicyclic) bond motifs is 1. The minimum Gasteiger partial charge on any atom is -0.381 e. The van der Waals surface area contributed by atoms with Crippen molar-refractivity contribution in [2.75, 3.05) is 44.3 Å². The van der Waals surface area contributed by atoms with Gasteiger partial charge in [0.1, 0.15) is 11.6 Å². The third-order valence-corrected chi connectivity index (χ3v) is 7.31. The highest BCUT2D eigenvalue weighted by atomic mass is 35.5. The van der Waals surface area contributed by atoms with Crippen LogP contribution in [-0.2, 0) is 4.74 Å². The van der Waals surface area contributed by atoms with Gasteiger partial charge in [0.05, 0.1) is 5.02 Å². The lowest BCUT2D eigenvalue weighted by atomic mass is 10.1. The number of hydrogen-bond acceptors (Lipinski definition) is 6. The average molecular weight is 489 g/mol. The third kappa shape index (κ3) is 4.32. The molecule has 0 amide bonds. The molecule has 3 aromatic rings. The lowest BCUT2D eigenvalue weighted by Crippen LogP contribution is -2.47. The topological polar surface area (TPSA) is 59.3 Å². The molecule has 0 N–H and O–H groups in total. The van der Waals surface area contributed by atoms with Crippen molar-refractivity contribution in [3.63, 3.8) is 0 Å². The molecule has 2 aromatic heterocycles. The van der Waals surface area contributed by atoms with Crippen molar-refractivity contribution < 1.29 is 4.74 Å². The van der Waals surface area contributed by atoms with Gasteiger partial charge in [0.15, 0.2) is 17.0 Å². The van der Waals surface area contributed by atoms with E-state index in [1.807, 2.05) is 31.2 Å². The van der Waals surface area contributed by atoms with Gasteiger partial charge >= 0.3 is 0 Å². The Hall–Kier alpha value is -1.93. The van der Waals surface area contributed by atoms with Crippen LogP contribution in [0.2, 0.25) is 5.02 Å². The fourth-order valence-corrected chi connectivity index (χ4v) is 5.37. The van der Waals surface area contributed by atoms with Gasteiger partial charge in [-0.25, -0.2) is 15.0 Å². The van der Waals surface area contributed by atoms with Crippen molar-refractivity contribution in [3.05, 3.63) is 35.1 Å². The van der Waals surface area contributed by atoms with Gasteiger partial charge in [-0.3, -0.25) is 4.90 Å². The molecule has 3 fully saturated rings. The van der Waals surface area contributed by atoms with Gasteiger partial charge in [0.25, 0.3) is 0 Å². The molecule has 6 rings (SSSR count). The quantitative estimate of drug-likeness (QED) is 0.538. The molecule has 7 nitrogen and oxygen atoms in total. The molecular formula is C24H30Cl2N6O. The van der Waals surface area contributed by atoms with Crippen LogP contribution in [0.3, 0.4) is 0 Å². The number of nitrogens with zero attached hydrogens (tertiary/aromatic N) is 6. The molecule has 2 aliphatic heterocycles. The molecule has 1 aromatic carbocycles. The zero-order valence-corrected chi connectivity index (χ0v) is 20.5. The largest absolute Gasteiger partial charge is 0.381 e. The van der Waals surface area contributed by atoms with Crippen LogP contribution in [-0.4, -0.2) is 69.9 Å². The van der Waals surface area contributed by atoms with Crippen LogP contribution in [0.1, 0.15) is 37.5 Å². The van der Waals surface area contributed by atoms with Gasteiger partial charge in [-0.15, -0.1) is 12.4 Å². The van der Waals surface area contributed by atoms with Crippen LogP contribution in [0, 0.1) is 6.92 Å². The first-order valence-corrected chi connectivity index (χ1v) is 12.1. The molecule has 33 heavy (non-hydrogen) atoms. The van der Waals surface area contributed by atoms with E-state index in [9.17, 15) is 0 Å². The van der Waals surface area contributed by atoms with E-state index in [2.05, 4.69) is 14.4 Å². The van der Waals surface area contributed by atoms with Gasteiger partial charge in [0, 0.05) is 57.0 Å². The summed E-state index contributed by atoms with van der Waals surface area (Å²) >= 11 is 6.64. The van der Waals surface area contributed by atoms with E-state index in [-0.39, 0.29) is 18.4 Å². The monoisotopic (exact) mass is 488 g/mol. The molecule has 0 spiro atoms. The van der Waals surface area contributed by atoms with E-state index >= 15 is 0 Å². The number of anilines is 1. The minimum absolute atomic E-state index is 0. The number of piperazine rings is 1. The molecule has 2 saturated heterocycles. The van der Waals surface area contributed by atoms with Crippen molar-refractivity contribution >= 4 is 41.0 Å². The fraction of sp³-hybridized carbons (Fsp3) is 0.542. The molecular weight excluding hydrogens is 459 g/mol. The Kier molecular flexibility index (Phi) is 6.49. The summed E-state index contributed by atoms with van der Waals surface area (Å²) in [5.74, 6) is 2.63. The lowest BCUT2D eigenvalue weighted by molar-refractivity contribution is 0.0708. The standard InChI is InChI=1S/C24H29ClN6O.ClH/c1-16-26-23(30-12-10-29(11-13-30)17-6-7-17)21-24(27-16)31(18-8-14-32-15-9-18)22(28-21)19-4-2-3-5-20(19)25;/h2-5,17-18H,6-15H2,1H3;1H. The maximum atomic E-state index is 6.64. The maximum absolute atomic E-state index is 6.64. The maximum Gasteiger partial charge on any atom is 0.166 e. The van der Waals surface area contributed by atoms with Gasteiger partial charge in [0.2, 0.25) is 0 Å². The molecule has 3 aliphatic rings. The Morgan fingerprint density at radius 3 is 2.33 bits per heavy atom. The van der Waals surface area contributed by atoms with Crippen LogP contribution in [0.25, 0.3) is 22.6 Å². The molecule has 1 saturated carbocycles. The Balaban J connectivity index is 0.00000228. The van der Waals surface area contributed by atoms with E-state index < -0.39 is 0 Å². The number of halogens is 2. The number of aryl methyl sites for hydroxylation is 1. The molecule has 1 aliphatic carbocycles. The molecule has 0 unspecified atom stereocenters. The van der Waals surface area contributed by atoms with Gasteiger partial charge in [-0.05, 0) is 44.7 Å². The van der Waals surface area contributed by atoms with E-state index in [1.165, 1.54) is 12.8 Å². The number of aromatic nitrogens is 4. The van der Waals surface area contributed by atoms with Crippen LogP contribution < -0.4 is 4.90 Å². The van der Waals surface area contributed by atoms with Crippen molar-refractivity contribution in [1.29, 1.82) is 0 Å². The molecule has 0 radical (unpaired) electrons. The molecule has 9 heteroatoms. The number of benzene rings is 1. The highest BCUT2D eigenvalue weighted by Gasteiger charge is 2.33. The van der Waals surface area contributed by atoms with E-state index in [0.29, 0.717) is 5.02 Å². The highest BCUT2D eigenvalue weighted by molar-refractivity contribution is 6.33. The number of hydrogen-bond donors (Lipinski definition) is 0. The lowest BCUT2D eigenvalue weighted by Gasteiger charge is -2.35. The summed E-state index contributed by atoms with van der Waals surface area (Å²) in [6.45, 7) is 7.64. The zero-order chi connectivity index (χ0) is 21.7. The Bertz CT molecular complexity index is 1130. The molecule has 0 atom stereocenters. The summed E-state index contributed by atoms with van der Waals surface area (Å²) < 4.78 is 7.95. The SMILES string of the molecule is Cc1nc(N2CCN(C3CC3)CC2)c2nc(-c3ccccc3Cl)n(C3CCOCC3)c2n1.Cl. The van der Waals surface area contributed by atoms with Crippen molar-refractivity contribution in [1.82, 2.24) is 24.4 Å². The summed E-state index contributed by atoms with van der Waals surface area (Å²) in [7, 11) is 0. The van der Waals surface area contributed by atoms with E-state index in [1.54, 1.807) is 0 Å². The molecule has 0 bridgehead atoms. The van der Waals surface area contributed by atoms with E-state index in [4.69, 9.17) is 31.3 Å². The van der Waals surface area contributed by atoms with Gasteiger partial charge in [-0.1, -0.05) is 23.7 Å². The summed E-state index contributed by atoms with van der Waals surface area (Å²) in [5, 5.41) is 0.709. The summed E-state index contributed by atoms with van der Waals surface area (Å²) in [6.07, 6.45) is 4.60. The Labute approximate surface area is 205 Å². The van der Waals surface area contributed by atoms with Crippen LogP contribution in [0.4, 0.5) is 5.82 Å². The molecule has 4 heterocycles. The summed E-state index contributed by atoms with van der Waals surface area (Å²) in [5.41, 5.74) is 2.75. The van der Waals surface area contributed by atoms with Crippen molar-refractivity contribution in [2.24, 2.45) is 0 Å². The third-order valence-electron chi connectivity index (χ3n) is 6.98. The van der Waals surface area contributed by atoms with Crippen LogP contribution in [0.15, 0.2) is 24.3 Å². The summed E-state index contributed by atoms with van der Waals surface area (Å²) in [4.78, 5) is 20.0. The first-order valence-electron chi connectivity index (χ1n) is 11.8. The second-order valence-corrected chi connectivity index (χ2v) is 9.56. The predicted octanol–water partition coefficient (Wildman–Crippen LogP) is 4.51. The zero-order valence-electron chi connectivity index (χ0n) is 18.9. The van der Waals surface area contributed by atoms with E-state index in [0.717, 1.165) is 92.5 Å². The highest BCUT2D eigenvalue weighted by Crippen LogP contribution is 2.37. The summed E-state index contributed by atoms with van der Waals surface area (Å²) in [6, 6.07) is 9.05. The van der Waals surface area contributed by atoms with Crippen LogP contribution >= 0.6 is 24.0 Å². The second kappa shape index (κ2) is 9.37.